The molecule has 1 aromatic carbocycles. The van der Waals surface area contributed by atoms with Crippen LogP contribution in [0.1, 0.15) is 28.7 Å². The number of aryl methyl sites for hydroxylation is 2. The summed E-state index contributed by atoms with van der Waals surface area (Å²) in [5, 5.41) is 4.26. The highest BCUT2D eigenvalue weighted by atomic mass is 79.9. The molecule has 2 rings (SSSR count). The number of nitrogens with zero attached hydrogens (tertiary/aromatic N) is 2. The zero-order valence-corrected chi connectivity index (χ0v) is 12.7. The zero-order chi connectivity index (χ0) is 14.0. The van der Waals surface area contributed by atoms with Crippen molar-refractivity contribution in [3.8, 4) is 5.75 Å². The Balaban J connectivity index is 2.20. The lowest BCUT2D eigenvalue weighted by molar-refractivity contribution is 0.101. The molecule has 0 aliphatic rings. The molecule has 0 radical (unpaired) electrons. The average molecular weight is 323 g/mol. The van der Waals surface area contributed by atoms with Gasteiger partial charge in [-0.1, -0.05) is 15.9 Å². The SMILES string of the molecule is CC(=O)c1cc(Br)ccc1OCc1cc(C)nn1C. The lowest BCUT2D eigenvalue weighted by atomic mass is 10.1. The van der Waals surface area contributed by atoms with Gasteiger partial charge in [0.05, 0.1) is 17.0 Å². The Kier molecular flexibility index (Phi) is 4.04. The summed E-state index contributed by atoms with van der Waals surface area (Å²) < 4.78 is 8.37. The van der Waals surface area contributed by atoms with E-state index in [1.165, 1.54) is 6.92 Å². The molecule has 0 amide bonds. The Hall–Kier alpha value is -1.62. The van der Waals surface area contributed by atoms with Gasteiger partial charge in [0.2, 0.25) is 0 Å². The standard InChI is InChI=1S/C14H15BrN2O2/c1-9-6-12(17(3)16-9)8-19-14-5-4-11(15)7-13(14)10(2)18/h4-7H,8H2,1-3H3. The number of benzene rings is 1. The van der Waals surface area contributed by atoms with E-state index in [9.17, 15) is 4.79 Å². The van der Waals surface area contributed by atoms with Gasteiger partial charge in [-0.05, 0) is 38.1 Å². The summed E-state index contributed by atoms with van der Waals surface area (Å²) >= 11 is 3.35. The van der Waals surface area contributed by atoms with Gasteiger partial charge >= 0.3 is 0 Å². The Bertz CT molecular complexity index is 620. The van der Waals surface area contributed by atoms with Crippen molar-refractivity contribution < 1.29 is 9.53 Å². The molecule has 1 heterocycles. The molecule has 0 saturated heterocycles. The lowest BCUT2D eigenvalue weighted by Gasteiger charge is -2.10. The van der Waals surface area contributed by atoms with Gasteiger partial charge in [0.25, 0.3) is 0 Å². The minimum absolute atomic E-state index is 0.0162. The fourth-order valence-corrected chi connectivity index (χ4v) is 2.22. The highest BCUT2D eigenvalue weighted by Crippen LogP contribution is 2.24. The summed E-state index contributed by atoms with van der Waals surface area (Å²) in [5.74, 6) is 0.576. The second-order valence-electron chi connectivity index (χ2n) is 4.39. The van der Waals surface area contributed by atoms with Gasteiger partial charge in [0.15, 0.2) is 5.78 Å². The third-order valence-corrected chi connectivity index (χ3v) is 3.29. The van der Waals surface area contributed by atoms with E-state index in [0.717, 1.165) is 15.9 Å². The van der Waals surface area contributed by atoms with Crippen LogP contribution in [0.25, 0.3) is 0 Å². The van der Waals surface area contributed by atoms with Crippen LogP contribution in [-0.4, -0.2) is 15.6 Å². The molecular formula is C14H15BrN2O2. The molecule has 0 N–H and O–H groups in total. The second-order valence-corrected chi connectivity index (χ2v) is 5.30. The van der Waals surface area contributed by atoms with E-state index in [1.54, 1.807) is 16.8 Å². The number of Topliss-reactive ketones (excluding diaryl/α,β-unsaturated/α-hetero) is 1. The minimum Gasteiger partial charge on any atom is -0.487 e. The van der Waals surface area contributed by atoms with Crippen LogP contribution < -0.4 is 4.74 Å². The van der Waals surface area contributed by atoms with Crippen LogP contribution in [0.4, 0.5) is 0 Å². The molecule has 0 unspecified atom stereocenters. The molecule has 2 aromatic rings. The molecule has 0 aliphatic heterocycles. The summed E-state index contributed by atoms with van der Waals surface area (Å²) in [6.07, 6.45) is 0. The van der Waals surface area contributed by atoms with E-state index in [4.69, 9.17) is 4.74 Å². The average Bonchev–Trinajstić information content (AvgIpc) is 2.66. The summed E-state index contributed by atoms with van der Waals surface area (Å²) in [6, 6.07) is 7.39. The monoisotopic (exact) mass is 322 g/mol. The zero-order valence-electron chi connectivity index (χ0n) is 11.1. The first kappa shape index (κ1) is 13.8. The van der Waals surface area contributed by atoms with Crippen LogP contribution in [0.3, 0.4) is 0 Å². The Morgan fingerprint density at radius 3 is 2.74 bits per heavy atom. The summed E-state index contributed by atoms with van der Waals surface area (Å²) in [7, 11) is 1.87. The summed E-state index contributed by atoms with van der Waals surface area (Å²) in [4.78, 5) is 11.6. The largest absolute Gasteiger partial charge is 0.487 e. The molecule has 4 nitrogen and oxygen atoms in total. The van der Waals surface area contributed by atoms with Crippen molar-refractivity contribution >= 4 is 21.7 Å². The first-order chi connectivity index (χ1) is 8.97. The van der Waals surface area contributed by atoms with Gasteiger partial charge in [-0.3, -0.25) is 9.48 Å². The van der Waals surface area contributed by atoms with Crippen molar-refractivity contribution in [2.24, 2.45) is 7.05 Å². The minimum atomic E-state index is -0.0162. The van der Waals surface area contributed by atoms with Crippen LogP contribution >= 0.6 is 15.9 Å². The molecular weight excluding hydrogens is 308 g/mol. The van der Waals surface area contributed by atoms with Crippen molar-refractivity contribution in [3.63, 3.8) is 0 Å². The normalized spacial score (nSPS) is 10.5. The topological polar surface area (TPSA) is 44.1 Å². The Morgan fingerprint density at radius 2 is 2.16 bits per heavy atom. The number of carbonyl (C=O) groups is 1. The lowest BCUT2D eigenvalue weighted by Crippen LogP contribution is -2.05. The van der Waals surface area contributed by atoms with E-state index in [0.29, 0.717) is 17.9 Å². The predicted octanol–water partition coefficient (Wildman–Crippen LogP) is 3.27. The summed E-state index contributed by atoms with van der Waals surface area (Å²) in [6.45, 7) is 3.85. The van der Waals surface area contributed by atoms with Crippen molar-refractivity contribution in [3.05, 3.63) is 45.7 Å². The summed E-state index contributed by atoms with van der Waals surface area (Å²) in [5.41, 5.74) is 2.49. The van der Waals surface area contributed by atoms with Crippen LogP contribution in [0.2, 0.25) is 0 Å². The molecule has 0 spiro atoms. The maximum absolute atomic E-state index is 11.6. The molecule has 1 aromatic heterocycles. The number of ether oxygens (including phenoxy) is 1. The van der Waals surface area contributed by atoms with E-state index in [1.807, 2.05) is 26.1 Å². The molecule has 0 atom stereocenters. The molecule has 0 fully saturated rings. The molecule has 19 heavy (non-hydrogen) atoms. The van der Waals surface area contributed by atoms with E-state index >= 15 is 0 Å². The highest BCUT2D eigenvalue weighted by molar-refractivity contribution is 9.10. The maximum Gasteiger partial charge on any atom is 0.163 e. The first-order valence-corrected chi connectivity index (χ1v) is 6.69. The van der Waals surface area contributed by atoms with Crippen molar-refractivity contribution in [2.75, 3.05) is 0 Å². The van der Waals surface area contributed by atoms with E-state index < -0.39 is 0 Å². The third-order valence-electron chi connectivity index (χ3n) is 2.80. The number of halogens is 1. The predicted molar refractivity (Wildman–Crippen MR) is 76.4 cm³/mol. The Morgan fingerprint density at radius 1 is 1.42 bits per heavy atom. The van der Waals surface area contributed by atoms with Crippen LogP contribution in [-0.2, 0) is 13.7 Å². The molecule has 0 aliphatic carbocycles. The van der Waals surface area contributed by atoms with Gasteiger partial charge in [-0.2, -0.15) is 5.10 Å². The quantitative estimate of drug-likeness (QED) is 0.811. The number of hydrogen-bond acceptors (Lipinski definition) is 3. The van der Waals surface area contributed by atoms with Crippen molar-refractivity contribution in [1.29, 1.82) is 0 Å². The number of carbonyl (C=O) groups excluding carboxylic acids is 1. The number of hydrogen-bond donors (Lipinski definition) is 0. The third kappa shape index (κ3) is 3.23. The second kappa shape index (κ2) is 5.57. The fourth-order valence-electron chi connectivity index (χ4n) is 1.85. The molecule has 100 valence electrons. The van der Waals surface area contributed by atoms with Gasteiger partial charge in [0, 0.05) is 11.5 Å². The fraction of sp³-hybridized carbons (Fsp3) is 0.286. The molecule has 0 bridgehead atoms. The van der Waals surface area contributed by atoms with Gasteiger partial charge in [-0.25, -0.2) is 0 Å². The number of rotatable bonds is 4. The van der Waals surface area contributed by atoms with Crippen LogP contribution in [0.5, 0.6) is 5.75 Å². The molecule has 0 saturated carbocycles. The smallest absolute Gasteiger partial charge is 0.163 e. The van der Waals surface area contributed by atoms with Crippen molar-refractivity contribution in [2.45, 2.75) is 20.5 Å². The van der Waals surface area contributed by atoms with Crippen LogP contribution in [0, 0.1) is 6.92 Å². The van der Waals surface area contributed by atoms with Gasteiger partial charge in [0.1, 0.15) is 12.4 Å². The maximum atomic E-state index is 11.6. The van der Waals surface area contributed by atoms with E-state index in [-0.39, 0.29) is 5.78 Å². The number of aromatic nitrogens is 2. The molecule has 5 heteroatoms. The van der Waals surface area contributed by atoms with Gasteiger partial charge < -0.3 is 4.74 Å². The first-order valence-electron chi connectivity index (χ1n) is 5.90. The Labute approximate surface area is 120 Å². The number of ketones is 1. The highest BCUT2D eigenvalue weighted by Gasteiger charge is 2.10. The van der Waals surface area contributed by atoms with Crippen LogP contribution in [0.15, 0.2) is 28.7 Å². The van der Waals surface area contributed by atoms with Gasteiger partial charge in [-0.15, -0.1) is 0 Å². The van der Waals surface area contributed by atoms with Crippen molar-refractivity contribution in [1.82, 2.24) is 9.78 Å². The van der Waals surface area contributed by atoms with E-state index in [2.05, 4.69) is 21.0 Å².